The number of allylic oxidation sites excluding steroid dienone is 4. The number of nitrogens with one attached hydrogen (secondary N) is 2. The highest BCUT2D eigenvalue weighted by molar-refractivity contribution is 6.23. The molecule has 0 saturated heterocycles. The van der Waals surface area contributed by atoms with Crippen LogP contribution in [0.2, 0.25) is 0 Å². The summed E-state index contributed by atoms with van der Waals surface area (Å²) in [6.45, 7) is 6.89. The Labute approximate surface area is 310 Å². The van der Waals surface area contributed by atoms with Crippen LogP contribution in [0.5, 0.6) is 0 Å². The van der Waals surface area contributed by atoms with Crippen molar-refractivity contribution >= 4 is 29.5 Å². The van der Waals surface area contributed by atoms with Crippen molar-refractivity contribution in [2.75, 3.05) is 14.2 Å². The topological polar surface area (TPSA) is 253 Å². The summed E-state index contributed by atoms with van der Waals surface area (Å²) in [4.78, 5) is 62.9. The van der Waals surface area contributed by atoms with Gasteiger partial charge >= 0.3 is 12.0 Å². The highest BCUT2D eigenvalue weighted by Gasteiger charge is 2.33. The highest BCUT2D eigenvalue weighted by Crippen LogP contribution is 2.29. The third kappa shape index (κ3) is 10.5. The Morgan fingerprint density at radius 1 is 1.20 bits per heavy atom. The molecule has 2 aromatic rings. The molecule has 1 aliphatic heterocycles. The first-order valence-corrected chi connectivity index (χ1v) is 17.1. The number of methoxy groups -OCH3 is 2. The zero-order chi connectivity index (χ0) is 39.7. The molecule has 5 N–H and O–H groups in total. The van der Waals surface area contributed by atoms with E-state index in [9.17, 15) is 34.4 Å². The molecule has 18 heteroatoms. The van der Waals surface area contributed by atoms with E-state index < -0.39 is 64.7 Å². The van der Waals surface area contributed by atoms with E-state index in [-0.39, 0.29) is 60.1 Å². The standard InChI is InChI=1S/C36H45N7O11/c1-19-12-25-31(38-16-23-17-42(41-40-23)18-24-10-11-30(53-24)43(49)50)27(44)15-26(33(25)46)39-35(47)20(2)8-7-9-28(51-5)34(54-36(37)48)22(4)14-21(3)32(45)29(13-19)52-6/h7-11,14-15,17,19,21,28-29,32,34,38,45H,12-13,16,18H2,1-6H3,(H2,37,48)(H,39,47)/b9-7-,20-8+,22-14+/t19-,21+,28+,29+,32-,34+/m1/s1. The summed E-state index contributed by atoms with van der Waals surface area (Å²) in [6.07, 6.45) is 4.66. The smallest absolute Gasteiger partial charge is 0.433 e. The normalized spacial score (nSPS) is 27.2. The minimum atomic E-state index is -1.04. The van der Waals surface area contributed by atoms with Crippen LogP contribution < -0.4 is 16.4 Å². The number of Topliss-reactive ketones (excluding diaryl/α,β-unsaturated/α-hetero) is 1. The van der Waals surface area contributed by atoms with E-state index in [1.54, 1.807) is 32.2 Å². The number of nitrogens with two attached hydrogens (primary N) is 1. The van der Waals surface area contributed by atoms with Crippen LogP contribution in [-0.2, 0) is 41.7 Å². The number of aliphatic hydroxyl groups excluding tert-OH is 1. The Hall–Kier alpha value is -5.72. The van der Waals surface area contributed by atoms with Gasteiger partial charge in [0.1, 0.15) is 29.0 Å². The summed E-state index contributed by atoms with van der Waals surface area (Å²) in [5.74, 6) is -2.73. The first-order chi connectivity index (χ1) is 25.6. The number of fused-ring (bicyclic) bond motifs is 2. The van der Waals surface area contributed by atoms with Crippen LogP contribution in [0.15, 0.2) is 81.2 Å². The van der Waals surface area contributed by atoms with E-state index in [4.69, 9.17) is 24.4 Å². The van der Waals surface area contributed by atoms with Gasteiger partial charge in [0.25, 0.3) is 5.91 Å². The van der Waals surface area contributed by atoms with Crippen molar-refractivity contribution in [2.24, 2.45) is 17.6 Å². The number of ether oxygens (including phenoxy) is 3. The van der Waals surface area contributed by atoms with Crippen LogP contribution in [0.1, 0.15) is 52.0 Å². The molecular formula is C36H45N7O11. The van der Waals surface area contributed by atoms with Gasteiger partial charge in [-0.2, -0.15) is 0 Å². The van der Waals surface area contributed by atoms with Gasteiger partial charge in [0.2, 0.25) is 11.6 Å². The molecule has 4 rings (SSSR count). The first-order valence-electron chi connectivity index (χ1n) is 17.1. The van der Waals surface area contributed by atoms with E-state index >= 15 is 0 Å². The largest absolute Gasteiger partial charge is 0.439 e. The van der Waals surface area contributed by atoms with Gasteiger partial charge in [-0.15, -0.1) is 5.10 Å². The number of carbonyl (C=O) groups excluding carboxylic acids is 4. The van der Waals surface area contributed by atoms with Gasteiger partial charge in [-0.25, -0.2) is 9.48 Å². The Morgan fingerprint density at radius 3 is 2.59 bits per heavy atom. The summed E-state index contributed by atoms with van der Waals surface area (Å²) >= 11 is 0. The van der Waals surface area contributed by atoms with Crippen molar-refractivity contribution in [1.82, 2.24) is 25.6 Å². The maximum absolute atomic E-state index is 14.0. The number of ketones is 2. The zero-order valence-electron chi connectivity index (χ0n) is 30.8. The minimum Gasteiger partial charge on any atom is -0.439 e. The number of nitro groups is 1. The van der Waals surface area contributed by atoms with Gasteiger partial charge in [0.05, 0.1) is 42.4 Å². The molecule has 2 amide bonds. The number of amides is 2. The molecule has 0 radical (unpaired) electrons. The fourth-order valence-electron chi connectivity index (χ4n) is 6.16. The summed E-state index contributed by atoms with van der Waals surface area (Å²) in [5, 5.41) is 36.0. The quantitative estimate of drug-likeness (QED) is 0.124. The molecule has 0 spiro atoms. The highest BCUT2D eigenvalue weighted by atomic mass is 16.6. The minimum absolute atomic E-state index is 0.00897. The molecule has 54 heavy (non-hydrogen) atoms. The lowest BCUT2D eigenvalue weighted by Gasteiger charge is -2.30. The number of primary amides is 1. The molecule has 0 unspecified atom stereocenters. The van der Waals surface area contributed by atoms with Gasteiger partial charge in [-0.3, -0.25) is 24.5 Å². The molecule has 290 valence electrons. The molecule has 2 bridgehead atoms. The predicted molar refractivity (Wildman–Crippen MR) is 191 cm³/mol. The third-order valence-corrected chi connectivity index (χ3v) is 8.97. The lowest BCUT2D eigenvalue weighted by atomic mass is 9.85. The number of hydrogen-bond donors (Lipinski definition) is 4. The molecule has 0 saturated carbocycles. The number of rotatable bonds is 9. The summed E-state index contributed by atoms with van der Waals surface area (Å²) < 4.78 is 23.2. The maximum Gasteiger partial charge on any atom is 0.433 e. The van der Waals surface area contributed by atoms with Crippen LogP contribution >= 0.6 is 0 Å². The third-order valence-electron chi connectivity index (χ3n) is 8.97. The van der Waals surface area contributed by atoms with Crippen LogP contribution in [0.4, 0.5) is 10.7 Å². The van der Waals surface area contributed by atoms with Crippen molar-refractivity contribution < 1.29 is 47.8 Å². The molecule has 6 atom stereocenters. The van der Waals surface area contributed by atoms with E-state index in [0.717, 1.165) is 6.08 Å². The Morgan fingerprint density at radius 2 is 1.94 bits per heavy atom. The number of aliphatic hydroxyl groups is 1. The van der Waals surface area contributed by atoms with E-state index in [1.807, 2.05) is 6.92 Å². The fourth-order valence-corrected chi connectivity index (χ4v) is 6.16. The van der Waals surface area contributed by atoms with Crippen molar-refractivity contribution in [2.45, 2.75) is 78.0 Å². The predicted octanol–water partition coefficient (Wildman–Crippen LogP) is 2.69. The molecule has 18 nitrogen and oxygen atoms in total. The molecule has 0 aromatic carbocycles. The molecule has 2 aromatic heterocycles. The SMILES string of the molecule is CO[C@H]1/C=C\C=C(/C)C(=O)NC2=CC(=O)C(NCc3cn(Cc4ccc([N+](=O)[O-])o4)nn3)=C(C[C@@H](C)C[C@H](OC)[C@H](O)[C@@H](C)/C=C(\C)[C@@H]1OC(N)=O)C2=O. The van der Waals surface area contributed by atoms with Crippen molar-refractivity contribution in [3.8, 4) is 0 Å². The second-order valence-corrected chi connectivity index (χ2v) is 13.2. The lowest BCUT2D eigenvalue weighted by Crippen LogP contribution is -2.37. The van der Waals surface area contributed by atoms with Crippen molar-refractivity contribution in [3.63, 3.8) is 0 Å². The van der Waals surface area contributed by atoms with Crippen molar-refractivity contribution in [1.29, 1.82) is 0 Å². The summed E-state index contributed by atoms with van der Waals surface area (Å²) in [6, 6.07) is 2.69. The molecule has 3 heterocycles. The van der Waals surface area contributed by atoms with Crippen molar-refractivity contribution in [3.05, 3.63) is 98.4 Å². The fraction of sp³-hybridized carbons (Fsp3) is 0.444. The van der Waals surface area contributed by atoms with Gasteiger partial charge in [-0.05, 0) is 44.2 Å². The van der Waals surface area contributed by atoms with Gasteiger partial charge < -0.3 is 40.1 Å². The number of aromatic nitrogens is 3. The van der Waals surface area contributed by atoms with Gasteiger partial charge in [0, 0.05) is 37.4 Å². The monoisotopic (exact) mass is 751 g/mol. The first kappa shape index (κ1) is 41.0. The number of carbonyl (C=O) groups is 4. The summed E-state index contributed by atoms with van der Waals surface area (Å²) in [5.41, 5.74) is 6.41. The summed E-state index contributed by atoms with van der Waals surface area (Å²) in [7, 11) is 2.87. The molecule has 1 aliphatic carbocycles. The zero-order valence-corrected chi connectivity index (χ0v) is 30.8. The maximum atomic E-state index is 14.0. The Kier molecular flexibility index (Phi) is 13.9. The van der Waals surface area contributed by atoms with E-state index in [0.29, 0.717) is 11.3 Å². The average Bonchev–Trinajstić information content (AvgIpc) is 3.79. The van der Waals surface area contributed by atoms with Crippen LogP contribution in [0, 0.1) is 22.0 Å². The van der Waals surface area contributed by atoms with Crippen LogP contribution in [-0.4, -0.2) is 87.2 Å². The average molecular weight is 752 g/mol. The number of hydrogen-bond acceptors (Lipinski definition) is 14. The molecule has 2 aliphatic rings. The number of furan rings is 1. The van der Waals surface area contributed by atoms with E-state index in [2.05, 4.69) is 20.9 Å². The van der Waals surface area contributed by atoms with Crippen LogP contribution in [0.25, 0.3) is 0 Å². The Balaban J connectivity index is 1.65. The molecular weight excluding hydrogens is 706 g/mol. The Bertz CT molecular complexity index is 1900. The number of nitrogens with zero attached hydrogens (tertiary/aromatic N) is 4. The second-order valence-electron chi connectivity index (χ2n) is 13.2. The van der Waals surface area contributed by atoms with Gasteiger partial charge in [0.15, 0.2) is 6.10 Å². The second kappa shape index (κ2) is 18.4. The molecule has 0 fully saturated rings. The van der Waals surface area contributed by atoms with E-state index in [1.165, 1.54) is 50.1 Å². The van der Waals surface area contributed by atoms with Gasteiger partial charge in [-0.1, -0.05) is 43.4 Å². The lowest BCUT2D eigenvalue weighted by molar-refractivity contribution is -0.402. The van der Waals surface area contributed by atoms with Crippen LogP contribution in [0.3, 0.4) is 0 Å².